The molecule has 48 heavy (non-hydrogen) atoms. The van der Waals surface area contributed by atoms with Crippen LogP contribution in [0.3, 0.4) is 0 Å². The van der Waals surface area contributed by atoms with Crippen LogP contribution < -0.4 is 0 Å². The Bertz CT molecular complexity index is 2240. The molecule has 7 rings (SSSR count). The minimum absolute atomic E-state index is 0. The van der Waals surface area contributed by atoms with Crippen LogP contribution in [0, 0.1) is 44.7 Å². The van der Waals surface area contributed by atoms with Gasteiger partial charge in [-0.05, 0) is 84.7 Å². The minimum atomic E-state index is -2.41. The zero-order valence-corrected chi connectivity index (χ0v) is 30.4. The molecule has 7 aromatic rings. The van der Waals surface area contributed by atoms with Crippen molar-refractivity contribution in [2.75, 3.05) is 0 Å². The van der Waals surface area contributed by atoms with Crippen molar-refractivity contribution in [3.8, 4) is 33.8 Å². The first kappa shape index (κ1) is 29.7. The summed E-state index contributed by atoms with van der Waals surface area (Å²) in [5.74, 6) is -1.30. The number of nitrogens with zero attached hydrogens (tertiary/aromatic N) is 3. The third-order valence-corrected chi connectivity index (χ3v) is 8.40. The number of aromatic nitrogens is 3. The van der Waals surface area contributed by atoms with E-state index >= 15 is 0 Å². The second-order valence-electron chi connectivity index (χ2n) is 12.4. The first-order chi connectivity index (χ1) is 24.3. The number of hydrogen-bond acceptors (Lipinski definition) is 4. The molecule has 4 heterocycles. The number of rotatable bonds is 6. The van der Waals surface area contributed by atoms with Gasteiger partial charge in [-0.1, -0.05) is 80.6 Å². The van der Waals surface area contributed by atoms with E-state index in [9.17, 15) is 1.37 Å². The van der Waals surface area contributed by atoms with Crippen LogP contribution >= 0.6 is 0 Å². The summed E-state index contributed by atoms with van der Waals surface area (Å²) in [7, 11) is 0. The van der Waals surface area contributed by atoms with Crippen molar-refractivity contribution in [2.45, 2.75) is 54.3 Å². The second-order valence-corrected chi connectivity index (χ2v) is 12.4. The molecule has 4 aromatic heterocycles. The van der Waals surface area contributed by atoms with Crippen molar-refractivity contribution in [1.82, 2.24) is 15.0 Å². The van der Waals surface area contributed by atoms with E-state index in [0.29, 0.717) is 28.1 Å². The van der Waals surface area contributed by atoms with Gasteiger partial charge in [0.15, 0.2) is 0 Å². The minimum Gasteiger partial charge on any atom is -0.486 e. The summed E-state index contributed by atoms with van der Waals surface area (Å²) < 4.78 is 40.5. The number of fused-ring (bicyclic) bond motifs is 3. The van der Waals surface area contributed by atoms with Crippen molar-refractivity contribution in [3.63, 3.8) is 0 Å². The Balaban J connectivity index is 0.000000339. The maximum atomic E-state index is 9.27. The molecule has 0 aliphatic rings. The summed E-state index contributed by atoms with van der Waals surface area (Å²) in [5, 5.41) is 1.73. The van der Waals surface area contributed by atoms with Crippen LogP contribution in [0.25, 0.3) is 55.8 Å². The van der Waals surface area contributed by atoms with Gasteiger partial charge in [-0.25, -0.2) is 4.98 Å². The van der Waals surface area contributed by atoms with Gasteiger partial charge in [-0.3, -0.25) is 0 Å². The van der Waals surface area contributed by atoms with Crippen LogP contribution in [0.1, 0.15) is 61.3 Å². The molecular formula is C43H41IrN3O-2. The first-order valence-electron chi connectivity index (χ1n) is 18.0. The van der Waals surface area contributed by atoms with Gasteiger partial charge in [0.25, 0.3) is 0 Å². The molecule has 0 aliphatic carbocycles. The maximum absolute atomic E-state index is 9.27. The van der Waals surface area contributed by atoms with Crippen LogP contribution in [0.2, 0.25) is 0 Å². The number of hydrogen-bond donors (Lipinski definition) is 0. The normalized spacial score (nSPS) is 12.9. The molecular weight excluding hydrogens is 767 g/mol. The van der Waals surface area contributed by atoms with E-state index in [0.717, 1.165) is 44.4 Å². The second kappa shape index (κ2) is 15.2. The monoisotopic (exact) mass is 812 g/mol. The predicted molar refractivity (Wildman–Crippen MR) is 194 cm³/mol. The van der Waals surface area contributed by atoms with Gasteiger partial charge < -0.3 is 14.4 Å². The van der Waals surface area contributed by atoms with E-state index in [1.165, 1.54) is 0 Å². The third kappa shape index (κ3) is 7.18. The molecule has 4 nitrogen and oxygen atoms in total. The molecule has 0 spiro atoms. The zero-order valence-electron chi connectivity index (χ0n) is 32.1. The van der Waals surface area contributed by atoms with Crippen molar-refractivity contribution >= 4 is 22.1 Å². The number of benzene rings is 3. The van der Waals surface area contributed by atoms with Crippen LogP contribution in [0.5, 0.6) is 0 Å². The van der Waals surface area contributed by atoms with Crippen LogP contribution in [-0.4, -0.2) is 15.0 Å². The van der Waals surface area contributed by atoms with Gasteiger partial charge in [0.05, 0.1) is 11.3 Å². The van der Waals surface area contributed by atoms with Crippen LogP contribution in [-0.2, 0) is 20.1 Å². The molecule has 0 unspecified atom stereocenters. The van der Waals surface area contributed by atoms with Crippen molar-refractivity contribution < 1.29 is 30.0 Å². The first-order valence-corrected chi connectivity index (χ1v) is 16.0. The molecule has 0 atom stereocenters. The van der Waals surface area contributed by atoms with Crippen LogP contribution in [0.15, 0.2) is 108 Å². The SMILES string of the molecule is [2H]C([2H])([2H])c1cc(-c2[c-]ccc3c2oc2nc(-c4c(C)cccc4C)ccc23)ncc1C([2H])(C(C)C)C(C)C.[Ir].[c-]1ccccc1-c1ccccn1. The van der Waals surface area contributed by atoms with E-state index in [4.69, 9.17) is 13.5 Å². The molecule has 5 heteroatoms. The van der Waals surface area contributed by atoms with Gasteiger partial charge in [0, 0.05) is 48.9 Å². The Kier molecular flexibility index (Phi) is 9.39. The summed E-state index contributed by atoms with van der Waals surface area (Å²) in [6.07, 6.45) is 3.35. The molecule has 0 saturated carbocycles. The average molecular weight is 812 g/mol. The maximum Gasteiger partial charge on any atom is 0.216 e. The van der Waals surface area contributed by atoms with Gasteiger partial charge in [-0.2, -0.15) is 0 Å². The summed E-state index contributed by atoms with van der Waals surface area (Å²) in [4.78, 5) is 13.8. The summed E-state index contributed by atoms with van der Waals surface area (Å²) in [5.41, 5.74) is 8.86. The fraction of sp³-hybridized carbons (Fsp3) is 0.233. The molecule has 0 fully saturated rings. The molecule has 0 aliphatic heterocycles. The Labute approximate surface area is 303 Å². The molecule has 1 radical (unpaired) electrons. The average Bonchev–Trinajstić information content (AvgIpc) is 3.50. The molecule has 0 N–H and O–H groups in total. The molecule has 0 amide bonds. The van der Waals surface area contributed by atoms with E-state index in [1.54, 1.807) is 24.5 Å². The Morgan fingerprint density at radius 1 is 0.729 bits per heavy atom. The zero-order chi connectivity index (χ0) is 36.5. The van der Waals surface area contributed by atoms with E-state index in [1.807, 2.05) is 94.4 Å². The standard InChI is InChI=1S/C32H33N2O.C11H8N.Ir/c1-18(2)29(19(3)4)26-17-33-28(16-22(26)7)25-13-9-12-23-24-14-15-27(34-32(24)35-31(23)25)30-20(5)10-8-11-21(30)6;1-2-6-10(7-3-1)11-8-4-5-9-12-11;/h8-12,14-19,29H,1-7H3;1-6,8-9H;/q2*-1;/i7D3,29D;;. The number of aryl methyl sites for hydroxylation is 3. The predicted octanol–water partition coefficient (Wildman–Crippen LogP) is 11.4. The quantitative estimate of drug-likeness (QED) is 0.157. The summed E-state index contributed by atoms with van der Waals surface area (Å²) >= 11 is 0. The van der Waals surface area contributed by atoms with Gasteiger partial charge in [0.2, 0.25) is 5.71 Å². The molecule has 0 saturated heterocycles. The van der Waals surface area contributed by atoms with E-state index in [-0.39, 0.29) is 37.5 Å². The van der Waals surface area contributed by atoms with Crippen LogP contribution in [0.4, 0.5) is 0 Å². The molecule has 3 aromatic carbocycles. The Morgan fingerprint density at radius 3 is 2.17 bits per heavy atom. The largest absolute Gasteiger partial charge is 0.486 e. The Morgan fingerprint density at radius 2 is 1.50 bits per heavy atom. The third-order valence-electron chi connectivity index (χ3n) is 8.40. The number of pyridine rings is 3. The van der Waals surface area contributed by atoms with Crippen molar-refractivity contribution in [1.29, 1.82) is 0 Å². The Hall–Kier alpha value is -4.44. The topological polar surface area (TPSA) is 51.8 Å². The van der Waals surface area contributed by atoms with Gasteiger partial charge in [0.1, 0.15) is 0 Å². The van der Waals surface area contributed by atoms with Crippen molar-refractivity contribution in [2.24, 2.45) is 11.8 Å². The fourth-order valence-electron chi connectivity index (χ4n) is 6.36. The van der Waals surface area contributed by atoms with E-state index < -0.39 is 12.7 Å². The summed E-state index contributed by atoms with van der Waals surface area (Å²) in [6, 6.07) is 35.6. The number of furan rings is 1. The summed E-state index contributed by atoms with van der Waals surface area (Å²) in [6.45, 7) is 9.54. The molecule has 245 valence electrons. The van der Waals surface area contributed by atoms with Crippen molar-refractivity contribution in [3.05, 3.63) is 138 Å². The fourth-order valence-corrected chi connectivity index (χ4v) is 6.36. The van der Waals surface area contributed by atoms with E-state index in [2.05, 4.69) is 48.1 Å². The van der Waals surface area contributed by atoms with Gasteiger partial charge >= 0.3 is 0 Å². The smallest absolute Gasteiger partial charge is 0.216 e. The van der Waals surface area contributed by atoms with Gasteiger partial charge in [-0.15, -0.1) is 54.1 Å². The molecule has 0 bridgehead atoms.